The Hall–Kier alpha value is -0.120. The highest BCUT2D eigenvalue weighted by atomic mass is 16.5. The van der Waals surface area contributed by atoms with Gasteiger partial charge in [0.05, 0.1) is 6.61 Å². The Labute approximate surface area is 120 Å². The number of ether oxygens (including phenoxy) is 1. The van der Waals surface area contributed by atoms with E-state index in [2.05, 4.69) is 31.0 Å². The summed E-state index contributed by atoms with van der Waals surface area (Å²) in [5.41, 5.74) is 0. The van der Waals surface area contributed by atoms with Gasteiger partial charge < -0.3 is 10.1 Å². The fourth-order valence-electron chi connectivity index (χ4n) is 3.37. The van der Waals surface area contributed by atoms with Crippen LogP contribution in [0.1, 0.15) is 59.3 Å². The molecular weight excluding hydrogens is 236 g/mol. The van der Waals surface area contributed by atoms with E-state index < -0.39 is 0 Å². The molecule has 1 aliphatic rings. The molecule has 0 bridgehead atoms. The molecule has 0 aromatic carbocycles. The van der Waals surface area contributed by atoms with Crippen molar-refractivity contribution in [3.8, 4) is 0 Å². The summed E-state index contributed by atoms with van der Waals surface area (Å²) in [4.78, 5) is 2.65. The summed E-state index contributed by atoms with van der Waals surface area (Å²) in [5.74, 6) is 0. The van der Waals surface area contributed by atoms with Crippen molar-refractivity contribution in [2.45, 2.75) is 77.4 Å². The Morgan fingerprint density at radius 3 is 2.42 bits per heavy atom. The van der Waals surface area contributed by atoms with Crippen molar-refractivity contribution >= 4 is 0 Å². The first-order valence-corrected chi connectivity index (χ1v) is 8.18. The zero-order chi connectivity index (χ0) is 14.1. The topological polar surface area (TPSA) is 24.5 Å². The number of nitrogens with zero attached hydrogens (tertiary/aromatic N) is 1. The predicted octanol–water partition coefficient (Wildman–Crippen LogP) is 3.04. The lowest BCUT2D eigenvalue weighted by Gasteiger charge is -2.41. The molecule has 0 aromatic rings. The third-order valence-corrected chi connectivity index (χ3v) is 4.34. The molecule has 114 valence electrons. The molecule has 0 heterocycles. The maximum absolute atomic E-state index is 5.30. The smallest absolute Gasteiger partial charge is 0.0589 e. The van der Waals surface area contributed by atoms with Crippen molar-refractivity contribution in [1.82, 2.24) is 10.2 Å². The molecule has 3 heteroatoms. The molecule has 19 heavy (non-hydrogen) atoms. The van der Waals surface area contributed by atoms with Gasteiger partial charge in [0.15, 0.2) is 0 Å². The number of likely N-dealkylation sites (N-methyl/N-ethyl adjacent to an activating group) is 1. The lowest BCUT2D eigenvalue weighted by Crippen LogP contribution is -2.53. The first kappa shape index (κ1) is 16.9. The summed E-state index contributed by atoms with van der Waals surface area (Å²) in [6.07, 6.45) is 8.24. The minimum absolute atomic E-state index is 0.598. The van der Waals surface area contributed by atoms with E-state index in [1.807, 2.05) is 0 Å². The Morgan fingerprint density at radius 2 is 1.84 bits per heavy atom. The Balaban J connectivity index is 2.71. The highest BCUT2D eigenvalue weighted by molar-refractivity contribution is 4.87. The monoisotopic (exact) mass is 270 g/mol. The SMILES string of the molecule is CCNC1CCCCCCC1N(CCOC)C(C)C. The molecule has 1 aliphatic carbocycles. The first-order valence-electron chi connectivity index (χ1n) is 8.18. The highest BCUT2D eigenvalue weighted by Gasteiger charge is 2.28. The Kier molecular flexibility index (Phi) is 8.67. The second-order valence-electron chi connectivity index (χ2n) is 6.05. The van der Waals surface area contributed by atoms with Crippen LogP contribution >= 0.6 is 0 Å². The van der Waals surface area contributed by atoms with Gasteiger partial charge in [0, 0.05) is 31.8 Å². The molecule has 1 N–H and O–H groups in total. The van der Waals surface area contributed by atoms with Crippen LogP contribution in [0.3, 0.4) is 0 Å². The standard InChI is InChI=1S/C16H34N2O/c1-5-17-15-10-8-6-7-9-11-16(15)18(14(2)3)12-13-19-4/h14-17H,5-13H2,1-4H3. The summed E-state index contributed by atoms with van der Waals surface area (Å²) < 4.78 is 5.30. The Bertz CT molecular complexity index is 221. The van der Waals surface area contributed by atoms with E-state index >= 15 is 0 Å². The van der Waals surface area contributed by atoms with E-state index in [0.717, 1.165) is 19.7 Å². The lowest BCUT2D eigenvalue weighted by molar-refractivity contribution is 0.0674. The van der Waals surface area contributed by atoms with Crippen LogP contribution < -0.4 is 5.32 Å². The fraction of sp³-hybridized carbons (Fsp3) is 1.00. The van der Waals surface area contributed by atoms with Crippen LogP contribution in [0.2, 0.25) is 0 Å². The summed E-state index contributed by atoms with van der Waals surface area (Å²) in [6.45, 7) is 9.84. The molecule has 0 aromatic heterocycles. The van der Waals surface area contributed by atoms with Crippen molar-refractivity contribution in [3.05, 3.63) is 0 Å². The van der Waals surface area contributed by atoms with E-state index in [9.17, 15) is 0 Å². The van der Waals surface area contributed by atoms with Crippen LogP contribution in [0.15, 0.2) is 0 Å². The molecular formula is C16H34N2O. The van der Waals surface area contributed by atoms with Gasteiger partial charge in [0.2, 0.25) is 0 Å². The highest BCUT2D eigenvalue weighted by Crippen LogP contribution is 2.23. The van der Waals surface area contributed by atoms with Gasteiger partial charge in [-0.3, -0.25) is 4.90 Å². The zero-order valence-electron chi connectivity index (χ0n) is 13.5. The van der Waals surface area contributed by atoms with Crippen LogP contribution in [0.4, 0.5) is 0 Å². The van der Waals surface area contributed by atoms with Crippen LogP contribution in [-0.2, 0) is 4.74 Å². The molecule has 1 fully saturated rings. The molecule has 0 saturated heterocycles. The van der Waals surface area contributed by atoms with Gasteiger partial charge in [-0.25, -0.2) is 0 Å². The van der Waals surface area contributed by atoms with Gasteiger partial charge in [0.25, 0.3) is 0 Å². The average molecular weight is 270 g/mol. The van der Waals surface area contributed by atoms with Gasteiger partial charge in [-0.05, 0) is 33.2 Å². The largest absolute Gasteiger partial charge is 0.383 e. The number of rotatable bonds is 7. The minimum atomic E-state index is 0.598. The summed E-state index contributed by atoms with van der Waals surface area (Å²) in [5, 5.41) is 3.73. The second kappa shape index (κ2) is 9.73. The van der Waals surface area contributed by atoms with Gasteiger partial charge in [0.1, 0.15) is 0 Å². The number of methoxy groups -OCH3 is 1. The molecule has 3 nitrogen and oxygen atoms in total. The van der Waals surface area contributed by atoms with Crippen LogP contribution in [0.5, 0.6) is 0 Å². The summed E-state index contributed by atoms with van der Waals surface area (Å²) in [7, 11) is 1.80. The molecule has 0 aliphatic heterocycles. The summed E-state index contributed by atoms with van der Waals surface area (Å²) in [6, 6.07) is 1.93. The van der Waals surface area contributed by atoms with E-state index in [0.29, 0.717) is 18.1 Å². The fourth-order valence-corrected chi connectivity index (χ4v) is 3.37. The first-order chi connectivity index (χ1) is 9.20. The van der Waals surface area contributed by atoms with E-state index in [1.165, 1.54) is 38.5 Å². The second-order valence-corrected chi connectivity index (χ2v) is 6.05. The van der Waals surface area contributed by atoms with Crippen molar-refractivity contribution in [1.29, 1.82) is 0 Å². The third kappa shape index (κ3) is 5.80. The van der Waals surface area contributed by atoms with Gasteiger partial charge in [-0.2, -0.15) is 0 Å². The van der Waals surface area contributed by atoms with Crippen molar-refractivity contribution in [3.63, 3.8) is 0 Å². The van der Waals surface area contributed by atoms with E-state index in [1.54, 1.807) is 7.11 Å². The minimum Gasteiger partial charge on any atom is -0.383 e. The lowest BCUT2D eigenvalue weighted by atomic mass is 9.90. The van der Waals surface area contributed by atoms with Crippen molar-refractivity contribution < 1.29 is 4.74 Å². The molecule has 0 spiro atoms. The van der Waals surface area contributed by atoms with E-state index in [-0.39, 0.29) is 0 Å². The Morgan fingerprint density at radius 1 is 1.16 bits per heavy atom. The van der Waals surface area contributed by atoms with Crippen molar-refractivity contribution in [2.75, 3.05) is 26.8 Å². The molecule has 0 radical (unpaired) electrons. The van der Waals surface area contributed by atoms with Gasteiger partial charge in [-0.1, -0.05) is 32.6 Å². The van der Waals surface area contributed by atoms with Crippen LogP contribution in [0, 0.1) is 0 Å². The predicted molar refractivity (Wildman–Crippen MR) is 82.7 cm³/mol. The maximum Gasteiger partial charge on any atom is 0.0589 e. The average Bonchev–Trinajstić information content (AvgIpc) is 2.35. The molecule has 1 rings (SSSR count). The molecule has 0 amide bonds. The molecule has 2 unspecified atom stereocenters. The molecule has 2 atom stereocenters. The van der Waals surface area contributed by atoms with Crippen LogP contribution in [-0.4, -0.2) is 49.8 Å². The van der Waals surface area contributed by atoms with Crippen molar-refractivity contribution in [2.24, 2.45) is 0 Å². The number of hydrogen-bond donors (Lipinski definition) is 1. The molecule has 1 saturated carbocycles. The van der Waals surface area contributed by atoms with Gasteiger partial charge >= 0.3 is 0 Å². The van der Waals surface area contributed by atoms with Crippen LogP contribution in [0.25, 0.3) is 0 Å². The maximum atomic E-state index is 5.30. The number of hydrogen-bond acceptors (Lipinski definition) is 3. The zero-order valence-corrected chi connectivity index (χ0v) is 13.5. The third-order valence-electron chi connectivity index (χ3n) is 4.34. The summed E-state index contributed by atoms with van der Waals surface area (Å²) >= 11 is 0. The van der Waals surface area contributed by atoms with E-state index in [4.69, 9.17) is 4.74 Å². The number of nitrogens with one attached hydrogen (secondary N) is 1. The normalized spacial score (nSPS) is 25.6. The van der Waals surface area contributed by atoms with Gasteiger partial charge in [-0.15, -0.1) is 0 Å². The quantitative estimate of drug-likeness (QED) is 0.769.